The predicted octanol–water partition coefficient (Wildman–Crippen LogP) is 8.51. The van der Waals surface area contributed by atoms with Gasteiger partial charge in [0.25, 0.3) is 0 Å². The molecule has 0 radical (unpaired) electrons. The van der Waals surface area contributed by atoms with Gasteiger partial charge in [0.1, 0.15) is 0 Å². The second-order valence-corrected chi connectivity index (χ2v) is 10.9. The van der Waals surface area contributed by atoms with E-state index in [1.54, 1.807) is 13.0 Å². The number of phenolic OH excluding ortho intramolecular Hbond substituents is 1. The van der Waals surface area contributed by atoms with Crippen LogP contribution < -0.4 is 4.74 Å². The highest BCUT2D eigenvalue weighted by molar-refractivity contribution is 6.00. The van der Waals surface area contributed by atoms with Crippen molar-refractivity contribution in [2.75, 3.05) is 6.61 Å². The van der Waals surface area contributed by atoms with Crippen LogP contribution in [0.2, 0.25) is 0 Å². The maximum atomic E-state index is 15.1. The molecule has 2 aliphatic rings. The quantitative estimate of drug-likeness (QED) is 0.340. The lowest BCUT2D eigenvalue weighted by Crippen LogP contribution is -2.25. The van der Waals surface area contributed by atoms with Gasteiger partial charge in [-0.25, -0.2) is 8.78 Å². The highest BCUT2D eigenvalue weighted by atomic mass is 19.2. The van der Waals surface area contributed by atoms with Crippen molar-refractivity contribution in [3.05, 3.63) is 58.4 Å². The second kappa shape index (κ2) is 12.4. The molecule has 202 valence electrons. The van der Waals surface area contributed by atoms with Crippen molar-refractivity contribution in [1.29, 1.82) is 0 Å². The van der Waals surface area contributed by atoms with Crippen LogP contribution in [-0.4, -0.2) is 17.5 Å². The average Bonchev–Trinajstić information content (AvgIpc) is 2.90. The number of carbonyl (C=O) groups is 1. The Balaban J connectivity index is 1.38. The summed E-state index contributed by atoms with van der Waals surface area (Å²) in [7, 11) is 0. The Labute approximate surface area is 218 Å². The Bertz CT molecular complexity index is 1080. The van der Waals surface area contributed by atoms with Crippen LogP contribution in [0, 0.1) is 35.2 Å². The molecule has 0 saturated heterocycles. The number of carbonyl (C=O) groups excluding carboxylic acids is 1. The Morgan fingerprint density at radius 3 is 2.14 bits per heavy atom. The number of rotatable bonds is 9. The topological polar surface area (TPSA) is 46.5 Å². The Kier molecular flexibility index (Phi) is 9.20. The van der Waals surface area contributed by atoms with Gasteiger partial charge < -0.3 is 9.84 Å². The monoisotopic (exact) mass is 516 g/mol. The molecule has 1 N–H and O–H groups in total. The molecule has 0 bridgehead atoms. The first kappa shape index (κ1) is 27.5. The number of hydrogen-bond donors (Lipinski definition) is 1. The minimum atomic E-state index is -1.04. The molecule has 2 fully saturated rings. The lowest BCUT2D eigenvalue weighted by atomic mass is 9.68. The number of halogens is 3. The van der Waals surface area contributed by atoms with Gasteiger partial charge in [0.15, 0.2) is 28.9 Å². The first-order valence-electron chi connectivity index (χ1n) is 14.0. The van der Waals surface area contributed by atoms with E-state index in [2.05, 4.69) is 6.92 Å². The van der Waals surface area contributed by atoms with Crippen LogP contribution in [-0.2, 0) is 6.42 Å². The van der Waals surface area contributed by atoms with E-state index in [0.29, 0.717) is 11.5 Å². The SMILES string of the molecule is CCCC1CCC(C2CCC(c3ccc(CC(=O)c4ccc(OCC)c(F)c4O)c(F)c3F)CC2)CC1. The molecule has 0 aromatic heterocycles. The smallest absolute Gasteiger partial charge is 0.207 e. The minimum absolute atomic E-state index is 0.0174. The van der Waals surface area contributed by atoms with E-state index >= 15 is 8.78 Å². The molecule has 6 heteroatoms. The third-order valence-electron chi connectivity index (χ3n) is 8.69. The fourth-order valence-electron chi connectivity index (χ4n) is 6.62. The molecule has 2 aromatic rings. The van der Waals surface area contributed by atoms with Crippen LogP contribution in [0.25, 0.3) is 0 Å². The normalized spacial score (nSPS) is 24.1. The predicted molar refractivity (Wildman–Crippen MR) is 139 cm³/mol. The van der Waals surface area contributed by atoms with Gasteiger partial charge in [0, 0.05) is 6.42 Å². The van der Waals surface area contributed by atoms with Gasteiger partial charge in [0.05, 0.1) is 12.2 Å². The van der Waals surface area contributed by atoms with E-state index in [0.717, 1.165) is 37.5 Å². The lowest BCUT2D eigenvalue weighted by Gasteiger charge is -2.38. The summed E-state index contributed by atoms with van der Waals surface area (Å²) >= 11 is 0. The fourth-order valence-corrected chi connectivity index (χ4v) is 6.62. The van der Waals surface area contributed by atoms with Gasteiger partial charge in [-0.3, -0.25) is 4.79 Å². The molecule has 0 amide bonds. The minimum Gasteiger partial charge on any atom is -0.504 e. The Morgan fingerprint density at radius 1 is 0.865 bits per heavy atom. The average molecular weight is 517 g/mol. The summed E-state index contributed by atoms with van der Waals surface area (Å²) in [4.78, 5) is 12.7. The molecule has 0 spiro atoms. The van der Waals surface area contributed by atoms with Crippen molar-refractivity contribution in [3.8, 4) is 11.5 Å². The van der Waals surface area contributed by atoms with E-state index in [4.69, 9.17) is 4.74 Å². The number of phenols is 1. The molecule has 0 aliphatic heterocycles. The third kappa shape index (κ3) is 6.15. The summed E-state index contributed by atoms with van der Waals surface area (Å²) in [6, 6.07) is 5.54. The summed E-state index contributed by atoms with van der Waals surface area (Å²) in [5, 5.41) is 10.1. The number of ether oxygens (including phenoxy) is 1. The van der Waals surface area contributed by atoms with Crippen LogP contribution >= 0.6 is 0 Å². The van der Waals surface area contributed by atoms with E-state index in [9.17, 15) is 14.3 Å². The molecule has 0 heterocycles. The molecule has 4 rings (SSSR count). The lowest BCUT2D eigenvalue weighted by molar-refractivity contribution is 0.0988. The molecule has 0 unspecified atom stereocenters. The summed E-state index contributed by atoms with van der Waals surface area (Å²) in [6.45, 7) is 4.12. The summed E-state index contributed by atoms with van der Waals surface area (Å²) in [6.07, 6.45) is 11.2. The van der Waals surface area contributed by atoms with Crippen molar-refractivity contribution < 1.29 is 27.8 Å². The molecule has 2 aliphatic carbocycles. The van der Waals surface area contributed by atoms with E-state index < -0.39 is 35.4 Å². The van der Waals surface area contributed by atoms with Crippen molar-refractivity contribution in [1.82, 2.24) is 0 Å². The zero-order valence-corrected chi connectivity index (χ0v) is 22.0. The number of benzene rings is 2. The van der Waals surface area contributed by atoms with Crippen molar-refractivity contribution >= 4 is 5.78 Å². The highest BCUT2D eigenvalue weighted by Gasteiger charge is 2.32. The van der Waals surface area contributed by atoms with Crippen LogP contribution in [0.1, 0.15) is 105 Å². The standard InChI is InChI=1S/C31H39F3O3/c1-3-5-19-6-8-20(9-7-19)21-10-12-22(13-11-21)24-15-14-23(28(32)29(24)33)18-26(35)25-16-17-27(37-4-2)30(34)31(25)36/h14-17,19-22,36H,3-13,18H2,1-2H3. The molecule has 37 heavy (non-hydrogen) atoms. The van der Waals surface area contributed by atoms with Crippen molar-refractivity contribution in [3.63, 3.8) is 0 Å². The van der Waals surface area contributed by atoms with Gasteiger partial charge >= 0.3 is 0 Å². The zero-order chi connectivity index (χ0) is 26.5. The number of ketones is 1. The van der Waals surface area contributed by atoms with Gasteiger partial charge in [-0.1, -0.05) is 44.7 Å². The number of hydrogen-bond acceptors (Lipinski definition) is 3. The van der Waals surface area contributed by atoms with Crippen LogP contribution in [0.4, 0.5) is 13.2 Å². The second-order valence-electron chi connectivity index (χ2n) is 10.9. The van der Waals surface area contributed by atoms with Crippen LogP contribution in [0.15, 0.2) is 24.3 Å². The molecule has 2 aromatic carbocycles. The Hall–Kier alpha value is -2.50. The number of aromatic hydroxyl groups is 1. The van der Waals surface area contributed by atoms with Crippen LogP contribution in [0.5, 0.6) is 11.5 Å². The first-order chi connectivity index (χ1) is 17.8. The van der Waals surface area contributed by atoms with E-state index in [1.807, 2.05) is 0 Å². The molecule has 0 atom stereocenters. The van der Waals surface area contributed by atoms with E-state index in [1.165, 1.54) is 56.7 Å². The molecule has 2 saturated carbocycles. The highest BCUT2D eigenvalue weighted by Crippen LogP contribution is 2.45. The molecule has 3 nitrogen and oxygen atoms in total. The maximum Gasteiger partial charge on any atom is 0.207 e. The van der Waals surface area contributed by atoms with Crippen molar-refractivity contribution in [2.24, 2.45) is 17.8 Å². The Morgan fingerprint density at radius 2 is 1.51 bits per heavy atom. The molecular weight excluding hydrogens is 477 g/mol. The summed E-state index contributed by atoms with van der Waals surface area (Å²) in [5.74, 6) is -2.35. The van der Waals surface area contributed by atoms with E-state index in [-0.39, 0.29) is 29.4 Å². The fraction of sp³-hybridized carbons (Fsp3) is 0.581. The molecular formula is C31H39F3O3. The largest absolute Gasteiger partial charge is 0.504 e. The maximum absolute atomic E-state index is 15.1. The van der Waals surface area contributed by atoms with Gasteiger partial charge in [-0.05, 0) is 92.4 Å². The zero-order valence-electron chi connectivity index (χ0n) is 22.0. The summed E-state index contributed by atoms with van der Waals surface area (Å²) in [5.41, 5.74) is -0.00174. The first-order valence-corrected chi connectivity index (χ1v) is 14.0. The van der Waals surface area contributed by atoms with Gasteiger partial charge in [-0.15, -0.1) is 0 Å². The van der Waals surface area contributed by atoms with Gasteiger partial charge in [0.2, 0.25) is 5.82 Å². The van der Waals surface area contributed by atoms with Gasteiger partial charge in [-0.2, -0.15) is 4.39 Å². The summed E-state index contributed by atoms with van der Waals surface area (Å²) < 4.78 is 49.5. The van der Waals surface area contributed by atoms with Crippen LogP contribution in [0.3, 0.4) is 0 Å². The van der Waals surface area contributed by atoms with Crippen molar-refractivity contribution in [2.45, 2.75) is 90.4 Å². The number of Topliss-reactive ketones (excluding diaryl/α,β-unsaturated/α-hetero) is 1. The third-order valence-corrected chi connectivity index (χ3v) is 8.69.